The van der Waals surface area contributed by atoms with Crippen LogP contribution in [0.15, 0.2) is 22.8 Å². The molecule has 0 spiro atoms. The fourth-order valence-electron chi connectivity index (χ4n) is 2.99. The van der Waals surface area contributed by atoms with Crippen molar-refractivity contribution in [1.29, 1.82) is 0 Å². The van der Waals surface area contributed by atoms with Crippen molar-refractivity contribution in [3.8, 4) is 0 Å². The highest BCUT2D eigenvalue weighted by Crippen LogP contribution is 2.43. The molecule has 0 bridgehead atoms. The number of piperazine rings is 1. The predicted octanol–water partition coefficient (Wildman–Crippen LogP) is 2.42. The summed E-state index contributed by atoms with van der Waals surface area (Å²) in [4.78, 5) is 7.13. The summed E-state index contributed by atoms with van der Waals surface area (Å²) in [5.41, 5.74) is 1.50. The van der Waals surface area contributed by atoms with Gasteiger partial charge in [0, 0.05) is 42.4 Å². The summed E-state index contributed by atoms with van der Waals surface area (Å²) in [5.74, 6) is 0.876. The second-order valence-electron chi connectivity index (χ2n) is 5.70. The third-order valence-corrected chi connectivity index (χ3v) is 4.83. The zero-order valence-electron chi connectivity index (χ0n) is 10.8. The molecule has 18 heavy (non-hydrogen) atoms. The quantitative estimate of drug-likeness (QED) is 0.929. The van der Waals surface area contributed by atoms with Gasteiger partial charge in [0.1, 0.15) is 0 Å². The second kappa shape index (κ2) is 4.91. The van der Waals surface area contributed by atoms with Gasteiger partial charge in [-0.15, -0.1) is 0 Å². The summed E-state index contributed by atoms with van der Waals surface area (Å²) >= 11 is 3.44. The van der Waals surface area contributed by atoms with Crippen LogP contribution in [0.25, 0.3) is 0 Å². The van der Waals surface area contributed by atoms with E-state index in [0.717, 1.165) is 36.6 Å². The summed E-state index contributed by atoms with van der Waals surface area (Å²) in [5, 5.41) is 3.55. The van der Waals surface area contributed by atoms with Crippen LogP contribution in [0.1, 0.15) is 25.5 Å². The average Bonchev–Trinajstić information content (AvgIpc) is 3.19. The lowest BCUT2D eigenvalue weighted by atomic mass is 9.91. The molecule has 2 aliphatic rings. The Morgan fingerprint density at radius 1 is 1.50 bits per heavy atom. The molecule has 1 unspecified atom stereocenters. The first kappa shape index (κ1) is 12.6. The van der Waals surface area contributed by atoms with Crippen molar-refractivity contribution in [1.82, 2.24) is 15.2 Å². The first-order chi connectivity index (χ1) is 8.68. The molecule has 2 heterocycles. The van der Waals surface area contributed by atoms with E-state index in [-0.39, 0.29) is 0 Å². The lowest BCUT2D eigenvalue weighted by Gasteiger charge is -2.45. The number of rotatable bonds is 3. The van der Waals surface area contributed by atoms with Crippen molar-refractivity contribution in [2.45, 2.75) is 31.8 Å². The van der Waals surface area contributed by atoms with E-state index in [4.69, 9.17) is 0 Å². The van der Waals surface area contributed by atoms with Gasteiger partial charge in [-0.25, -0.2) is 0 Å². The molecule has 0 radical (unpaired) electrons. The average molecular weight is 310 g/mol. The monoisotopic (exact) mass is 309 g/mol. The smallest absolute Gasteiger partial charge is 0.0545 e. The SMILES string of the molecule is CC1(C2CC2)CNCCN1Cc1ccc(Br)cn1. The van der Waals surface area contributed by atoms with Crippen LogP contribution in [0.2, 0.25) is 0 Å². The molecule has 1 atom stereocenters. The van der Waals surface area contributed by atoms with Crippen molar-refractivity contribution in [2.75, 3.05) is 19.6 Å². The Kier molecular flexibility index (Phi) is 3.43. The van der Waals surface area contributed by atoms with Crippen LogP contribution in [-0.4, -0.2) is 35.1 Å². The van der Waals surface area contributed by atoms with E-state index in [9.17, 15) is 0 Å². The molecule has 98 valence electrons. The molecule has 2 fully saturated rings. The van der Waals surface area contributed by atoms with Gasteiger partial charge in [-0.1, -0.05) is 0 Å². The fourth-order valence-corrected chi connectivity index (χ4v) is 3.22. The minimum atomic E-state index is 0.326. The van der Waals surface area contributed by atoms with Gasteiger partial charge in [0.2, 0.25) is 0 Å². The van der Waals surface area contributed by atoms with E-state index in [1.807, 2.05) is 6.20 Å². The number of hydrogen-bond acceptors (Lipinski definition) is 3. The lowest BCUT2D eigenvalue weighted by Crippen LogP contribution is -2.60. The normalized spacial score (nSPS) is 29.4. The summed E-state index contributed by atoms with van der Waals surface area (Å²) in [7, 11) is 0. The van der Waals surface area contributed by atoms with Crippen molar-refractivity contribution in [3.63, 3.8) is 0 Å². The van der Waals surface area contributed by atoms with E-state index in [1.165, 1.54) is 18.5 Å². The van der Waals surface area contributed by atoms with Gasteiger partial charge in [0.25, 0.3) is 0 Å². The summed E-state index contributed by atoms with van der Waals surface area (Å²) < 4.78 is 1.05. The van der Waals surface area contributed by atoms with Crippen molar-refractivity contribution < 1.29 is 0 Å². The minimum Gasteiger partial charge on any atom is -0.314 e. The Morgan fingerprint density at radius 2 is 2.33 bits per heavy atom. The number of nitrogens with zero attached hydrogens (tertiary/aromatic N) is 2. The predicted molar refractivity (Wildman–Crippen MR) is 76.3 cm³/mol. The fraction of sp³-hybridized carbons (Fsp3) is 0.643. The Labute approximate surface area is 117 Å². The van der Waals surface area contributed by atoms with E-state index < -0.39 is 0 Å². The maximum absolute atomic E-state index is 4.51. The first-order valence-electron chi connectivity index (χ1n) is 6.75. The van der Waals surface area contributed by atoms with E-state index >= 15 is 0 Å². The summed E-state index contributed by atoms with van der Waals surface area (Å²) in [6, 6.07) is 4.21. The molecule has 1 aliphatic carbocycles. The van der Waals surface area contributed by atoms with Crippen molar-refractivity contribution in [3.05, 3.63) is 28.5 Å². The standard InChI is InChI=1S/C14H20BrN3/c1-14(11-2-3-11)10-16-6-7-18(14)9-13-5-4-12(15)8-17-13/h4-5,8,11,16H,2-3,6-7,9-10H2,1H3. The molecule has 4 heteroatoms. The van der Waals surface area contributed by atoms with Gasteiger partial charge < -0.3 is 5.32 Å². The molecule has 0 amide bonds. The molecular formula is C14H20BrN3. The van der Waals surface area contributed by atoms with Gasteiger partial charge in [-0.3, -0.25) is 9.88 Å². The topological polar surface area (TPSA) is 28.2 Å². The summed E-state index contributed by atoms with van der Waals surface area (Å²) in [6.07, 6.45) is 4.68. The molecule has 1 aromatic heterocycles. The highest BCUT2D eigenvalue weighted by atomic mass is 79.9. The Balaban J connectivity index is 1.75. The van der Waals surface area contributed by atoms with E-state index in [2.05, 4.69) is 50.2 Å². The number of nitrogens with one attached hydrogen (secondary N) is 1. The lowest BCUT2D eigenvalue weighted by molar-refractivity contribution is 0.0473. The number of aromatic nitrogens is 1. The number of pyridine rings is 1. The molecule has 1 aliphatic heterocycles. The molecule has 3 nitrogen and oxygen atoms in total. The van der Waals surface area contributed by atoms with Crippen LogP contribution >= 0.6 is 15.9 Å². The Morgan fingerprint density at radius 3 is 3.00 bits per heavy atom. The molecule has 1 aromatic rings. The Hall–Kier alpha value is -0.450. The van der Waals surface area contributed by atoms with Crippen LogP contribution < -0.4 is 5.32 Å². The highest BCUT2D eigenvalue weighted by Gasteiger charge is 2.46. The van der Waals surface area contributed by atoms with Crippen LogP contribution in [0.3, 0.4) is 0 Å². The molecule has 0 aromatic carbocycles. The van der Waals surface area contributed by atoms with Gasteiger partial charge in [-0.2, -0.15) is 0 Å². The van der Waals surface area contributed by atoms with Gasteiger partial charge >= 0.3 is 0 Å². The summed E-state index contributed by atoms with van der Waals surface area (Å²) in [6.45, 7) is 6.73. The van der Waals surface area contributed by atoms with Gasteiger partial charge in [0.05, 0.1) is 5.69 Å². The van der Waals surface area contributed by atoms with Gasteiger partial charge in [0.15, 0.2) is 0 Å². The largest absolute Gasteiger partial charge is 0.314 e. The number of hydrogen-bond donors (Lipinski definition) is 1. The molecule has 1 N–H and O–H groups in total. The van der Waals surface area contributed by atoms with Crippen LogP contribution in [0.5, 0.6) is 0 Å². The Bertz CT molecular complexity index is 416. The van der Waals surface area contributed by atoms with Crippen LogP contribution in [0.4, 0.5) is 0 Å². The third kappa shape index (κ3) is 2.46. The maximum atomic E-state index is 4.51. The minimum absolute atomic E-state index is 0.326. The van der Waals surface area contributed by atoms with Crippen molar-refractivity contribution in [2.24, 2.45) is 5.92 Å². The zero-order valence-corrected chi connectivity index (χ0v) is 12.4. The van der Waals surface area contributed by atoms with Gasteiger partial charge in [-0.05, 0) is 53.7 Å². The molecule has 1 saturated carbocycles. The molecular weight excluding hydrogens is 290 g/mol. The van der Waals surface area contributed by atoms with E-state index in [0.29, 0.717) is 5.54 Å². The number of halogens is 1. The molecule has 1 saturated heterocycles. The highest BCUT2D eigenvalue weighted by molar-refractivity contribution is 9.10. The second-order valence-corrected chi connectivity index (χ2v) is 6.61. The van der Waals surface area contributed by atoms with E-state index in [1.54, 1.807) is 0 Å². The van der Waals surface area contributed by atoms with Crippen LogP contribution in [0, 0.1) is 5.92 Å². The van der Waals surface area contributed by atoms with Crippen molar-refractivity contribution >= 4 is 15.9 Å². The van der Waals surface area contributed by atoms with Crippen LogP contribution in [-0.2, 0) is 6.54 Å². The first-order valence-corrected chi connectivity index (χ1v) is 7.54. The third-order valence-electron chi connectivity index (χ3n) is 4.36. The molecule has 3 rings (SSSR count). The maximum Gasteiger partial charge on any atom is 0.0545 e. The zero-order chi connectivity index (χ0) is 12.6.